The quantitative estimate of drug-likeness (QED) is 0.429. The molecule has 0 aliphatic heterocycles. The lowest BCUT2D eigenvalue weighted by molar-refractivity contribution is -0.117. The highest BCUT2D eigenvalue weighted by Gasteiger charge is 2.11. The Kier molecular flexibility index (Phi) is 7.39. The van der Waals surface area contributed by atoms with Crippen molar-refractivity contribution in [1.82, 2.24) is 5.32 Å². The highest BCUT2D eigenvalue weighted by Crippen LogP contribution is 2.22. The normalized spacial score (nSPS) is 10.8. The van der Waals surface area contributed by atoms with Crippen molar-refractivity contribution >= 4 is 12.0 Å². The van der Waals surface area contributed by atoms with Crippen LogP contribution >= 0.6 is 0 Å². The molecule has 0 aliphatic rings. The van der Waals surface area contributed by atoms with Crippen molar-refractivity contribution in [3.63, 3.8) is 0 Å². The molecule has 0 spiro atoms. The van der Waals surface area contributed by atoms with Gasteiger partial charge in [0.2, 0.25) is 0 Å². The number of halogens is 1. The van der Waals surface area contributed by atoms with E-state index < -0.39 is 5.91 Å². The summed E-state index contributed by atoms with van der Waals surface area (Å²) in [7, 11) is 1.59. The van der Waals surface area contributed by atoms with E-state index in [-0.39, 0.29) is 24.5 Å². The first-order valence-electron chi connectivity index (χ1n) is 9.58. The van der Waals surface area contributed by atoms with Gasteiger partial charge in [-0.05, 0) is 47.5 Å². The number of ether oxygens (including phenoxy) is 2. The number of amides is 1. The Labute approximate surface area is 180 Å². The molecule has 3 rings (SSSR count). The van der Waals surface area contributed by atoms with Crippen LogP contribution in [0.3, 0.4) is 0 Å². The van der Waals surface area contributed by atoms with Gasteiger partial charge in [-0.25, -0.2) is 4.39 Å². The van der Waals surface area contributed by atoms with Crippen LogP contribution in [0.4, 0.5) is 4.39 Å². The molecule has 0 aromatic heterocycles. The highest BCUT2D eigenvalue weighted by molar-refractivity contribution is 6.01. The molecule has 0 bridgehead atoms. The molecule has 1 N–H and O–H groups in total. The number of nitrogens with zero attached hydrogens (tertiary/aromatic N) is 1. The summed E-state index contributed by atoms with van der Waals surface area (Å²) in [5, 5.41) is 12.2. The third-order valence-electron chi connectivity index (χ3n) is 4.50. The number of nitriles is 1. The third-order valence-corrected chi connectivity index (χ3v) is 4.50. The van der Waals surface area contributed by atoms with Crippen molar-refractivity contribution in [2.45, 2.75) is 13.2 Å². The van der Waals surface area contributed by atoms with E-state index in [4.69, 9.17) is 9.47 Å². The first-order valence-corrected chi connectivity index (χ1v) is 9.58. The van der Waals surface area contributed by atoms with Crippen LogP contribution in [0.1, 0.15) is 16.7 Å². The maximum atomic E-state index is 13.1. The molecule has 6 heteroatoms. The number of benzene rings is 3. The summed E-state index contributed by atoms with van der Waals surface area (Å²) in [4.78, 5) is 12.5. The van der Waals surface area contributed by atoms with Crippen LogP contribution in [-0.2, 0) is 17.9 Å². The number of hydrogen-bond donors (Lipinski definition) is 1. The van der Waals surface area contributed by atoms with Crippen molar-refractivity contribution < 1.29 is 18.7 Å². The Morgan fingerprint density at radius 2 is 1.71 bits per heavy atom. The van der Waals surface area contributed by atoms with Crippen LogP contribution in [0, 0.1) is 17.1 Å². The molecule has 1 amide bonds. The zero-order chi connectivity index (χ0) is 22.1. The van der Waals surface area contributed by atoms with Gasteiger partial charge in [-0.3, -0.25) is 4.79 Å². The largest absolute Gasteiger partial charge is 0.497 e. The van der Waals surface area contributed by atoms with Crippen molar-refractivity contribution in [3.8, 4) is 17.6 Å². The van der Waals surface area contributed by atoms with Crippen LogP contribution < -0.4 is 14.8 Å². The van der Waals surface area contributed by atoms with Gasteiger partial charge in [0.05, 0.1) is 7.11 Å². The van der Waals surface area contributed by atoms with Crippen molar-refractivity contribution in [1.29, 1.82) is 5.26 Å². The molecule has 0 unspecified atom stereocenters. The summed E-state index contributed by atoms with van der Waals surface area (Å²) in [6.07, 6.45) is 1.49. The van der Waals surface area contributed by atoms with Crippen LogP contribution in [0.25, 0.3) is 6.08 Å². The Bertz CT molecular complexity index is 1100. The van der Waals surface area contributed by atoms with Gasteiger partial charge >= 0.3 is 0 Å². The molecule has 0 atom stereocenters. The minimum Gasteiger partial charge on any atom is -0.497 e. The number of nitrogens with one attached hydrogen (secondary N) is 1. The number of para-hydroxylation sites is 1. The molecule has 0 aliphatic carbocycles. The average Bonchev–Trinajstić information content (AvgIpc) is 2.81. The van der Waals surface area contributed by atoms with Crippen molar-refractivity contribution in [2.75, 3.05) is 7.11 Å². The van der Waals surface area contributed by atoms with Crippen LogP contribution in [-0.4, -0.2) is 13.0 Å². The Morgan fingerprint density at radius 3 is 2.39 bits per heavy atom. The fourth-order valence-corrected chi connectivity index (χ4v) is 2.80. The molecular weight excluding hydrogens is 395 g/mol. The van der Waals surface area contributed by atoms with E-state index in [0.29, 0.717) is 11.3 Å². The number of hydrogen-bond acceptors (Lipinski definition) is 4. The lowest BCUT2D eigenvalue weighted by Gasteiger charge is -2.10. The zero-order valence-electron chi connectivity index (χ0n) is 17.0. The number of carbonyl (C=O) groups is 1. The number of rotatable bonds is 8. The first-order chi connectivity index (χ1) is 15.1. The third kappa shape index (κ3) is 6.18. The van der Waals surface area contributed by atoms with E-state index in [1.54, 1.807) is 55.6 Å². The van der Waals surface area contributed by atoms with Crippen LogP contribution in [0.2, 0.25) is 0 Å². The van der Waals surface area contributed by atoms with Crippen LogP contribution in [0.5, 0.6) is 11.5 Å². The highest BCUT2D eigenvalue weighted by atomic mass is 19.1. The smallest absolute Gasteiger partial charge is 0.262 e. The summed E-state index contributed by atoms with van der Waals surface area (Å²) >= 11 is 0. The number of carbonyl (C=O) groups excluding carboxylic acids is 1. The molecule has 0 heterocycles. The molecule has 5 nitrogen and oxygen atoms in total. The lowest BCUT2D eigenvalue weighted by Crippen LogP contribution is -2.23. The second-order valence-electron chi connectivity index (χ2n) is 6.65. The summed E-state index contributed by atoms with van der Waals surface area (Å²) in [6.45, 7) is 0.515. The fourth-order valence-electron chi connectivity index (χ4n) is 2.80. The summed E-state index contributed by atoms with van der Waals surface area (Å²) in [6, 6.07) is 22.3. The molecule has 0 radical (unpaired) electrons. The van der Waals surface area contributed by atoms with Crippen molar-refractivity contribution in [2.24, 2.45) is 0 Å². The SMILES string of the molecule is COc1ccc(CNC(=O)/C(C#N)=C/c2ccccc2OCc2ccc(F)cc2)cc1. The maximum absolute atomic E-state index is 13.1. The van der Waals surface area contributed by atoms with E-state index in [1.807, 2.05) is 18.2 Å². The summed E-state index contributed by atoms with van der Waals surface area (Å²) < 4.78 is 24.0. The summed E-state index contributed by atoms with van der Waals surface area (Å²) in [5.74, 6) is 0.450. The molecule has 31 heavy (non-hydrogen) atoms. The van der Waals surface area contributed by atoms with Gasteiger partial charge < -0.3 is 14.8 Å². The molecule has 3 aromatic carbocycles. The topological polar surface area (TPSA) is 71.3 Å². The van der Waals surface area contributed by atoms with Gasteiger partial charge in [-0.15, -0.1) is 0 Å². The Hall–Kier alpha value is -4.11. The standard InChI is InChI=1S/C25H21FN2O3/c1-30-23-12-8-18(9-13-23)16-28-25(29)21(15-27)14-20-4-2-3-5-24(20)31-17-19-6-10-22(26)11-7-19/h2-14H,16-17H2,1H3,(H,28,29)/b21-14+. The Balaban J connectivity index is 1.68. The van der Waals surface area contributed by atoms with E-state index in [1.165, 1.54) is 18.2 Å². The van der Waals surface area contributed by atoms with Gasteiger partial charge in [-0.1, -0.05) is 42.5 Å². The average molecular weight is 416 g/mol. The van der Waals surface area contributed by atoms with Gasteiger partial charge in [0, 0.05) is 12.1 Å². The van der Waals surface area contributed by atoms with E-state index in [2.05, 4.69) is 5.32 Å². The van der Waals surface area contributed by atoms with Crippen LogP contribution in [0.15, 0.2) is 78.4 Å². The minimum absolute atomic E-state index is 0.0358. The molecule has 0 saturated carbocycles. The van der Waals surface area contributed by atoms with Crippen molar-refractivity contribution in [3.05, 3.63) is 101 Å². The minimum atomic E-state index is -0.480. The number of methoxy groups -OCH3 is 1. The van der Waals surface area contributed by atoms with E-state index in [0.717, 1.165) is 16.9 Å². The van der Waals surface area contributed by atoms with Gasteiger partial charge in [0.25, 0.3) is 5.91 Å². The van der Waals surface area contributed by atoms with E-state index >= 15 is 0 Å². The predicted octanol–water partition coefficient (Wildman–Crippen LogP) is 4.64. The van der Waals surface area contributed by atoms with E-state index in [9.17, 15) is 14.4 Å². The lowest BCUT2D eigenvalue weighted by atomic mass is 10.1. The second kappa shape index (κ2) is 10.6. The molecule has 0 saturated heterocycles. The van der Waals surface area contributed by atoms with Gasteiger partial charge in [0.15, 0.2) is 0 Å². The monoisotopic (exact) mass is 416 g/mol. The molecular formula is C25H21FN2O3. The molecule has 156 valence electrons. The molecule has 0 fully saturated rings. The summed E-state index contributed by atoms with van der Waals surface area (Å²) in [5.41, 5.74) is 2.25. The molecule has 3 aromatic rings. The van der Waals surface area contributed by atoms with Gasteiger partial charge in [-0.2, -0.15) is 5.26 Å². The predicted molar refractivity (Wildman–Crippen MR) is 116 cm³/mol. The van der Waals surface area contributed by atoms with Gasteiger partial charge in [0.1, 0.15) is 35.6 Å². The fraction of sp³-hybridized carbons (Fsp3) is 0.120. The maximum Gasteiger partial charge on any atom is 0.262 e. The first kappa shape index (κ1) is 21.6. The zero-order valence-corrected chi connectivity index (χ0v) is 17.0. The Morgan fingerprint density at radius 1 is 1.03 bits per heavy atom. The second-order valence-corrected chi connectivity index (χ2v) is 6.65.